The molecule has 0 aliphatic rings. The molecule has 0 aliphatic carbocycles. The first-order valence-electron chi connectivity index (χ1n) is 6.86. The van der Waals surface area contributed by atoms with Crippen LogP contribution in [0, 0.1) is 11.3 Å². The van der Waals surface area contributed by atoms with Crippen LogP contribution in [0.15, 0.2) is 0 Å². The maximum Gasteiger partial charge on any atom is 0.404 e. The number of ether oxygens (including phenoxy) is 1. The second kappa shape index (κ2) is 7.15. The van der Waals surface area contributed by atoms with E-state index in [9.17, 15) is 18.0 Å². The average molecular weight is 282 g/mol. The fourth-order valence-electron chi connectivity index (χ4n) is 1.81. The van der Waals surface area contributed by atoms with E-state index in [1.54, 1.807) is 0 Å². The Balaban J connectivity index is 4.87. The minimum atomic E-state index is -4.58. The number of hydrogen-bond acceptors (Lipinski definition) is 2. The Hall–Kier alpha value is -0.740. The quantitative estimate of drug-likeness (QED) is 0.631. The monoisotopic (exact) mass is 282 g/mol. The molecule has 114 valence electrons. The van der Waals surface area contributed by atoms with Gasteiger partial charge in [-0.05, 0) is 32.1 Å². The Kier molecular flexibility index (Phi) is 6.87. The second-order valence-electron chi connectivity index (χ2n) is 5.63. The van der Waals surface area contributed by atoms with Gasteiger partial charge in [-0.15, -0.1) is 0 Å². The van der Waals surface area contributed by atoms with E-state index in [2.05, 4.69) is 0 Å². The number of carbonyl (C=O) groups is 1. The molecule has 19 heavy (non-hydrogen) atoms. The Morgan fingerprint density at radius 2 is 1.74 bits per heavy atom. The van der Waals surface area contributed by atoms with Crippen LogP contribution in [-0.4, -0.2) is 18.2 Å². The normalized spacial score (nSPS) is 17.1. The average Bonchev–Trinajstić information content (AvgIpc) is 2.25. The Bertz CT molecular complexity index is 287. The van der Waals surface area contributed by atoms with Crippen LogP contribution in [0.2, 0.25) is 0 Å². The van der Waals surface area contributed by atoms with Gasteiger partial charge in [-0.1, -0.05) is 34.1 Å². The van der Waals surface area contributed by atoms with E-state index in [1.165, 1.54) is 6.92 Å². The van der Waals surface area contributed by atoms with Gasteiger partial charge in [0.25, 0.3) is 0 Å². The molecule has 0 N–H and O–H groups in total. The van der Waals surface area contributed by atoms with E-state index >= 15 is 0 Å². The van der Waals surface area contributed by atoms with Crippen LogP contribution >= 0.6 is 0 Å². The molecule has 0 amide bonds. The van der Waals surface area contributed by atoms with Crippen LogP contribution in [0.3, 0.4) is 0 Å². The van der Waals surface area contributed by atoms with Crippen molar-refractivity contribution in [2.75, 3.05) is 0 Å². The van der Waals surface area contributed by atoms with E-state index in [0.717, 1.165) is 13.3 Å². The van der Waals surface area contributed by atoms with Crippen molar-refractivity contribution in [1.82, 2.24) is 0 Å². The lowest BCUT2D eigenvalue weighted by Gasteiger charge is -2.31. The standard InChI is InChI=1S/C14H25F3O2/c1-6-8-11(9-10(3)4)19-12(18)13(5,7-2)14(15,16)17/h10-11H,6-9H2,1-5H3. The molecule has 5 heteroatoms. The van der Waals surface area contributed by atoms with Crippen LogP contribution < -0.4 is 0 Å². The van der Waals surface area contributed by atoms with Crippen LogP contribution in [0.25, 0.3) is 0 Å². The van der Waals surface area contributed by atoms with Gasteiger partial charge in [0, 0.05) is 0 Å². The largest absolute Gasteiger partial charge is 0.462 e. The van der Waals surface area contributed by atoms with Gasteiger partial charge in [0.15, 0.2) is 5.41 Å². The van der Waals surface area contributed by atoms with Gasteiger partial charge < -0.3 is 4.74 Å². The first-order chi connectivity index (χ1) is 8.58. The molecular weight excluding hydrogens is 257 g/mol. The first kappa shape index (κ1) is 18.3. The van der Waals surface area contributed by atoms with Gasteiger partial charge in [0.05, 0.1) is 0 Å². The van der Waals surface area contributed by atoms with Crippen molar-refractivity contribution in [2.45, 2.75) is 72.6 Å². The van der Waals surface area contributed by atoms with Crippen molar-refractivity contribution in [2.24, 2.45) is 11.3 Å². The molecule has 0 aromatic rings. The van der Waals surface area contributed by atoms with Gasteiger partial charge in [-0.2, -0.15) is 13.2 Å². The van der Waals surface area contributed by atoms with Crippen molar-refractivity contribution in [3.05, 3.63) is 0 Å². The second-order valence-corrected chi connectivity index (χ2v) is 5.63. The van der Waals surface area contributed by atoms with Crippen LogP contribution in [-0.2, 0) is 9.53 Å². The third-order valence-electron chi connectivity index (χ3n) is 3.40. The van der Waals surface area contributed by atoms with Gasteiger partial charge in [-0.25, -0.2) is 0 Å². The summed E-state index contributed by atoms with van der Waals surface area (Å²) >= 11 is 0. The summed E-state index contributed by atoms with van der Waals surface area (Å²) in [6, 6.07) is 0. The highest BCUT2D eigenvalue weighted by Gasteiger charge is 2.56. The number of esters is 1. The molecule has 0 spiro atoms. The summed E-state index contributed by atoms with van der Waals surface area (Å²) < 4.78 is 44.0. The van der Waals surface area contributed by atoms with Crippen LogP contribution in [0.1, 0.15) is 60.3 Å². The minimum Gasteiger partial charge on any atom is -0.462 e. The van der Waals surface area contributed by atoms with Crippen molar-refractivity contribution in [3.63, 3.8) is 0 Å². The van der Waals surface area contributed by atoms with Crippen molar-refractivity contribution >= 4 is 5.97 Å². The molecule has 0 radical (unpaired) electrons. The molecular formula is C14H25F3O2. The van der Waals surface area contributed by atoms with Gasteiger partial charge in [-0.3, -0.25) is 4.79 Å². The summed E-state index contributed by atoms with van der Waals surface area (Å²) in [4.78, 5) is 11.9. The highest BCUT2D eigenvalue weighted by molar-refractivity contribution is 5.77. The predicted molar refractivity (Wildman–Crippen MR) is 68.7 cm³/mol. The van der Waals surface area contributed by atoms with Crippen LogP contribution in [0.4, 0.5) is 13.2 Å². The Morgan fingerprint density at radius 1 is 1.21 bits per heavy atom. The minimum absolute atomic E-state index is 0.281. The lowest BCUT2D eigenvalue weighted by atomic mass is 9.86. The Labute approximate surface area is 113 Å². The van der Waals surface area contributed by atoms with E-state index in [-0.39, 0.29) is 12.3 Å². The van der Waals surface area contributed by atoms with Gasteiger partial charge in [0.1, 0.15) is 6.10 Å². The fraction of sp³-hybridized carbons (Fsp3) is 0.929. The zero-order valence-corrected chi connectivity index (χ0v) is 12.4. The summed E-state index contributed by atoms with van der Waals surface area (Å²) in [5, 5.41) is 0. The molecule has 2 nitrogen and oxygen atoms in total. The molecule has 0 aliphatic heterocycles. The van der Waals surface area contributed by atoms with Crippen molar-refractivity contribution < 1.29 is 22.7 Å². The lowest BCUT2D eigenvalue weighted by Crippen LogP contribution is -2.44. The summed E-state index contributed by atoms with van der Waals surface area (Å²) in [5.41, 5.74) is -2.41. The van der Waals surface area contributed by atoms with Crippen molar-refractivity contribution in [3.8, 4) is 0 Å². The predicted octanol–water partition coefficient (Wildman–Crippen LogP) is 4.72. The van der Waals surface area contributed by atoms with E-state index < -0.39 is 23.7 Å². The molecule has 0 bridgehead atoms. The topological polar surface area (TPSA) is 26.3 Å². The first-order valence-corrected chi connectivity index (χ1v) is 6.86. The SMILES string of the molecule is CCCC(CC(C)C)OC(=O)C(C)(CC)C(F)(F)F. The number of rotatable bonds is 7. The van der Waals surface area contributed by atoms with Gasteiger partial charge >= 0.3 is 12.1 Å². The van der Waals surface area contributed by atoms with E-state index in [4.69, 9.17) is 4.74 Å². The highest BCUT2D eigenvalue weighted by atomic mass is 19.4. The summed E-state index contributed by atoms with van der Waals surface area (Å²) in [6.45, 7) is 8.10. The molecule has 2 unspecified atom stereocenters. The van der Waals surface area contributed by atoms with Crippen LogP contribution in [0.5, 0.6) is 0 Å². The number of carbonyl (C=O) groups excluding carboxylic acids is 1. The molecule has 0 aromatic carbocycles. The van der Waals surface area contributed by atoms with Gasteiger partial charge in [0.2, 0.25) is 0 Å². The van der Waals surface area contributed by atoms with E-state index in [1.807, 2.05) is 20.8 Å². The third kappa shape index (κ3) is 5.03. The zero-order chi connectivity index (χ0) is 15.3. The number of alkyl halides is 3. The number of halogens is 3. The lowest BCUT2D eigenvalue weighted by molar-refractivity contribution is -0.233. The van der Waals surface area contributed by atoms with E-state index in [0.29, 0.717) is 12.8 Å². The fourth-order valence-corrected chi connectivity index (χ4v) is 1.81. The summed E-state index contributed by atoms with van der Waals surface area (Å²) in [5.74, 6) is -0.871. The molecule has 0 saturated heterocycles. The summed E-state index contributed by atoms with van der Waals surface area (Å²) in [7, 11) is 0. The molecule has 2 atom stereocenters. The molecule has 0 fully saturated rings. The molecule has 0 rings (SSSR count). The number of hydrogen-bond donors (Lipinski definition) is 0. The molecule has 0 aromatic heterocycles. The maximum absolute atomic E-state index is 13.0. The van der Waals surface area contributed by atoms with Crippen molar-refractivity contribution in [1.29, 1.82) is 0 Å². The smallest absolute Gasteiger partial charge is 0.404 e. The maximum atomic E-state index is 13.0. The Morgan fingerprint density at radius 3 is 2.05 bits per heavy atom. The summed E-state index contributed by atoms with van der Waals surface area (Å²) in [6.07, 6.45) is -3.34. The zero-order valence-electron chi connectivity index (χ0n) is 12.4. The molecule has 0 heterocycles. The highest BCUT2D eigenvalue weighted by Crippen LogP contribution is 2.42. The third-order valence-corrected chi connectivity index (χ3v) is 3.40. The molecule has 0 saturated carbocycles.